The zero-order valence-electron chi connectivity index (χ0n) is 14.4. The molecule has 0 aliphatic rings. The first-order valence-corrected chi connectivity index (χ1v) is 7.65. The van der Waals surface area contributed by atoms with Crippen LogP contribution in [-0.4, -0.2) is 35.3 Å². The predicted octanol–water partition coefficient (Wildman–Crippen LogP) is 2.79. The number of amides is 1. The minimum Gasteiger partial charge on any atom is -0.497 e. The lowest BCUT2D eigenvalue weighted by Gasteiger charge is -2.11. The number of hydrogen-bond donors (Lipinski definition) is 2. The van der Waals surface area contributed by atoms with Crippen molar-refractivity contribution in [1.29, 1.82) is 0 Å². The Balaban J connectivity index is 1.72. The first kappa shape index (κ1) is 17.2. The van der Waals surface area contributed by atoms with Gasteiger partial charge in [0.15, 0.2) is 5.82 Å². The highest BCUT2D eigenvalue weighted by atomic mass is 16.5. The highest BCUT2D eigenvalue weighted by Crippen LogP contribution is 2.29. The number of aromatic nitrogens is 3. The summed E-state index contributed by atoms with van der Waals surface area (Å²) in [6, 6.07) is 6.82. The molecule has 1 amide bonds. The fraction of sp³-hybridized carbons (Fsp3) is 0.176. The summed E-state index contributed by atoms with van der Waals surface area (Å²) in [7, 11) is 3.06. The molecule has 0 fully saturated rings. The number of ether oxygens (including phenoxy) is 2. The summed E-state index contributed by atoms with van der Waals surface area (Å²) in [5, 5.41) is 9.46. The summed E-state index contributed by atoms with van der Waals surface area (Å²) in [6.07, 6.45) is 2.79. The fourth-order valence-corrected chi connectivity index (χ4v) is 2.16. The minimum atomic E-state index is -0.423. The smallest absolute Gasteiger partial charge is 0.275 e. The zero-order chi connectivity index (χ0) is 18.5. The molecule has 2 N–H and O–H groups in total. The van der Waals surface area contributed by atoms with E-state index in [4.69, 9.17) is 14.0 Å². The van der Waals surface area contributed by atoms with Crippen LogP contribution in [0.3, 0.4) is 0 Å². The van der Waals surface area contributed by atoms with Crippen LogP contribution in [0.15, 0.2) is 41.2 Å². The second kappa shape index (κ2) is 7.51. The summed E-state index contributed by atoms with van der Waals surface area (Å²) in [6.45, 7) is 1.78. The molecule has 9 nitrogen and oxygen atoms in total. The molecule has 0 aliphatic carbocycles. The van der Waals surface area contributed by atoms with Crippen LogP contribution >= 0.6 is 0 Å². The van der Waals surface area contributed by atoms with Crippen molar-refractivity contribution < 1.29 is 18.8 Å². The number of carbonyl (C=O) groups excluding carboxylic acids is 1. The van der Waals surface area contributed by atoms with E-state index in [9.17, 15) is 4.79 Å². The van der Waals surface area contributed by atoms with E-state index in [-0.39, 0.29) is 5.69 Å². The maximum absolute atomic E-state index is 12.4. The van der Waals surface area contributed by atoms with Gasteiger partial charge < -0.3 is 24.6 Å². The molecule has 0 aliphatic heterocycles. The molecule has 134 valence electrons. The van der Waals surface area contributed by atoms with Gasteiger partial charge in [0, 0.05) is 12.1 Å². The Hall–Kier alpha value is -3.62. The molecule has 3 rings (SSSR count). The standard InChI is InChI=1S/C17H17N5O4/c1-10-6-15(22-26-10)21-16-9-18-13(8-19-16)17(23)20-12-7-11(24-2)4-5-14(12)25-3/h4-9H,1-3H3,(H,20,23)(H,19,21,22). The molecule has 0 bridgehead atoms. The Morgan fingerprint density at radius 2 is 1.92 bits per heavy atom. The second-order valence-corrected chi connectivity index (χ2v) is 5.26. The molecular weight excluding hydrogens is 338 g/mol. The molecule has 3 aromatic rings. The number of hydrogen-bond acceptors (Lipinski definition) is 8. The third kappa shape index (κ3) is 3.89. The monoisotopic (exact) mass is 355 g/mol. The number of benzene rings is 1. The number of carbonyl (C=O) groups is 1. The minimum absolute atomic E-state index is 0.150. The van der Waals surface area contributed by atoms with Crippen LogP contribution < -0.4 is 20.1 Å². The number of aryl methyl sites for hydroxylation is 1. The van der Waals surface area contributed by atoms with Crippen LogP contribution in [0.5, 0.6) is 11.5 Å². The average molecular weight is 355 g/mol. The van der Waals surface area contributed by atoms with E-state index < -0.39 is 5.91 Å². The molecule has 1 aromatic carbocycles. The van der Waals surface area contributed by atoms with Crippen molar-refractivity contribution in [3.05, 3.63) is 48.1 Å². The van der Waals surface area contributed by atoms with Crippen molar-refractivity contribution in [2.24, 2.45) is 0 Å². The van der Waals surface area contributed by atoms with Crippen molar-refractivity contribution >= 4 is 23.2 Å². The molecule has 0 radical (unpaired) electrons. The summed E-state index contributed by atoms with van der Waals surface area (Å²) in [5.74, 6) is 2.29. The van der Waals surface area contributed by atoms with E-state index in [0.717, 1.165) is 0 Å². The van der Waals surface area contributed by atoms with Crippen LogP contribution in [0.4, 0.5) is 17.3 Å². The SMILES string of the molecule is COc1ccc(OC)c(NC(=O)c2cnc(Nc3cc(C)on3)cn2)c1. The van der Waals surface area contributed by atoms with Crippen molar-refractivity contribution in [2.45, 2.75) is 6.92 Å². The Morgan fingerprint density at radius 3 is 2.54 bits per heavy atom. The Labute approximate surface area is 149 Å². The maximum atomic E-state index is 12.4. The van der Waals surface area contributed by atoms with Crippen molar-refractivity contribution in [1.82, 2.24) is 15.1 Å². The van der Waals surface area contributed by atoms with Gasteiger partial charge in [-0.1, -0.05) is 5.16 Å². The van der Waals surface area contributed by atoms with E-state index in [1.165, 1.54) is 19.5 Å². The van der Waals surface area contributed by atoms with Gasteiger partial charge in [-0.25, -0.2) is 9.97 Å². The molecule has 0 spiro atoms. The van der Waals surface area contributed by atoms with E-state index in [2.05, 4.69) is 25.8 Å². The molecule has 0 saturated carbocycles. The van der Waals surface area contributed by atoms with Crippen LogP contribution in [0.25, 0.3) is 0 Å². The van der Waals surface area contributed by atoms with Gasteiger partial charge in [-0.15, -0.1) is 0 Å². The predicted molar refractivity (Wildman–Crippen MR) is 94.1 cm³/mol. The molecule has 26 heavy (non-hydrogen) atoms. The van der Waals surface area contributed by atoms with E-state index in [1.807, 2.05) is 0 Å². The largest absolute Gasteiger partial charge is 0.497 e. The highest BCUT2D eigenvalue weighted by molar-refractivity contribution is 6.03. The third-order valence-corrected chi connectivity index (χ3v) is 3.42. The quantitative estimate of drug-likeness (QED) is 0.694. The van der Waals surface area contributed by atoms with E-state index in [1.54, 1.807) is 38.3 Å². The molecule has 0 saturated heterocycles. The van der Waals surface area contributed by atoms with Gasteiger partial charge in [-0.2, -0.15) is 0 Å². The first-order valence-electron chi connectivity index (χ1n) is 7.65. The lowest BCUT2D eigenvalue weighted by atomic mass is 10.2. The lowest BCUT2D eigenvalue weighted by molar-refractivity contribution is 0.102. The molecular formula is C17H17N5O4. The number of nitrogens with one attached hydrogen (secondary N) is 2. The van der Waals surface area contributed by atoms with Gasteiger partial charge in [-0.3, -0.25) is 4.79 Å². The molecule has 0 atom stereocenters. The Morgan fingerprint density at radius 1 is 1.08 bits per heavy atom. The molecule has 2 aromatic heterocycles. The molecule has 2 heterocycles. The normalized spacial score (nSPS) is 10.3. The maximum Gasteiger partial charge on any atom is 0.275 e. The zero-order valence-corrected chi connectivity index (χ0v) is 14.4. The van der Waals surface area contributed by atoms with Crippen molar-refractivity contribution in [2.75, 3.05) is 24.9 Å². The summed E-state index contributed by atoms with van der Waals surface area (Å²) >= 11 is 0. The van der Waals surface area contributed by atoms with Crippen LogP contribution in [-0.2, 0) is 0 Å². The van der Waals surface area contributed by atoms with E-state index in [0.29, 0.717) is 34.6 Å². The van der Waals surface area contributed by atoms with Gasteiger partial charge in [0.25, 0.3) is 5.91 Å². The van der Waals surface area contributed by atoms with Crippen LogP contribution in [0.1, 0.15) is 16.2 Å². The van der Waals surface area contributed by atoms with Crippen LogP contribution in [0, 0.1) is 6.92 Å². The number of anilines is 3. The van der Waals surface area contributed by atoms with Gasteiger partial charge in [-0.05, 0) is 19.1 Å². The molecule has 0 unspecified atom stereocenters. The van der Waals surface area contributed by atoms with Crippen molar-refractivity contribution in [3.8, 4) is 11.5 Å². The second-order valence-electron chi connectivity index (χ2n) is 5.26. The van der Waals surface area contributed by atoms with Gasteiger partial charge >= 0.3 is 0 Å². The van der Waals surface area contributed by atoms with Gasteiger partial charge in [0.2, 0.25) is 0 Å². The van der Waals surface area contributed by atoms with E-state index >= 15 is 0 Å². The first-order chi connectivity index (χ1) is 12.6. The molecule has 9 heteroatoms. The summed E-state index contributed by atoms with van der Waals surface area (Å²) < 4.78 is 15.4. The Kier molecular flexibility index (Phi) is 4.97. The summed E-state index contributed by atoms with van der Waals surface area (Å²) in [5.41, 5.74) is 0.621. The fourth-order valence-electron chi connectivity index (χ4n) is 2.16. The van der Waals surface area contributed by atoms with Gasteiger partial charge in [0.1, 0.15) is 28.8 Å². The van der Waals surface area contributed by atoms with Gasteiger partial charge in [0.05, 0.1) is 32.3 Å². The number of rotatable bonds is 6. The Bertz CT molecular complexity index is 908. The number of nitrogens with zero attached hydrogens (tertiary/aromatic N) is 3. The average Bonchev–Trinajstić information content (AvgIpc) is 3.07. The highest BCUT2D eigenvalue weighted by Gasteiger charge is 2.13. The number of methoxy groups -OCH3 is 2. The lowest BCUT2D eigenvalue weighted by Crippen LogP contribution is -2.15. The summed E-state index contributed by atoms with van der Waals surface area (Å²) in [4.78, 5) is 20.7. The van der Waals surface area contributed by atoms with Crippen molar-refractivity contribution in [3.63, 3.8) is 0 Å². The van der Waals surface area contributed by atoms with Crippen LogP contribution in [0.2, 0.25) is 0 Å². The third-order valence-electron chi connectivity index (χ3n) is 3.42. The topological polar surface area (TPSA) is 111 Å².